The summed E-state index contributed by atoms with van der Waals surface area (Å²) in [4.78, 5) is 19.5. The first-order chi connectivity index (χ1) is 12.3. The van der Waals surface area contributed by atoms with Crippen LogP contribution in [0.1, 0.15) is 23.2 Å². The largest absolute Gasteiger partial charge is 0.497 e. The van der Waals surface area contributed by atoms with Crippen molar-refractivity contribution in [1.29, 1.82) is 0 Å². The minimum atomic E-state index is 0.104. The standard InChI is InChI=1S/C20H22N2O2S/c1-24-18-11-9-16(10-12-18)19(23)15-25-20(22-13-5-6-14-22)21-17-7-3-2-4-8-17/h2-4,7-12H,5-6,13-15H2,1H3. The zero-order valence-electron chi connectivity index (χ0n) is 14.4. The van der Waals surface area contributed by atoms with Gasteiger partial charge < -0.3 is 9.64 Å². The van der Waals surface area contributed by atoms with Crippen LogP contribution in [0, 0.1) is 0 Å². The van der Waals surface area contributed by atoms with E-state index >= 15 is 0 Å². The summed E-state index contributed by atoms with van der Waals surface area (Å²) >= 11 is 1.52. The van der Waals surface area contributed by atoms with Crippen molar-refractivity contribution in [1.82, 2.24) is 4.90 Å². The van der Waals surface area contributed by atoms with Crippen LogP contribution in [-0.2, 0) is 0 Å². The number of thioether (sulfide) groups is 1. The number of ether oxygens (including phenoxy) is 1. The van der Waals surface area contributed by atoms with Gasteiger partial charge in [0.05, 0.1) is 18.6 Å². The Bertz CT molecular complexity index is 723. The first-order valence-corrected chi connectivity index (χ1v) is 9.43. The molecule has 5 heteroatoms. The number of amidine groups is 1. The van der Waals surface area contributed by atoms with E-state index in [2.05, 4.69) is 4.90 Å². The molecular formula is C20H22N2O2S. The van der Waals surface area contributed by atoms with Crippen LogP contribution in [0.25, 0.3) is 0 Å². The number of carbonyl (C=O) groups excluding carboxylic acids is 1. The SMILES string of the molecule is COc1ccc(C(=O)CSC(=Nc2ccccc2)N2CCCC2)cc1. The minimum Gasteiger partial charge on any atom is -0.497 e. The van der Waals surface area contributed by atoms with Gasteiger partial charge in [-0.05, 0) is 49.2 Å². The lowest BCUT2D eigenvalue weighted by atomic mass is 10.1. The molecule has 0 unspecified atom stereocenters. The smallest absolute Gasteiger partial charge is 0.173 e. The molecule has 0 radical (unpaired) electrons. The first-order valence-electron chi connectivity index (χ1n) is 8.45. The Kier molecular flexibility index (Phi) is 6.12. The lowest BCUT2D eigenvalue weighted by molar-refractivity contribution is 0.102. The second-order valence-corrected chi connectivity index (χ2v) is 6.81. The van der Waals surface area contributed by atoms with E-state index in [0.717, 1.165) is 29.7 Å². The van der Waals surface area contributed by atoms with Crippen molar-refractivity contribution in [3.63, 3.8) is 0 Å². The summed E-state index contributed by atoms with van der Waals surface area (Å²) in [5.74, 6) is 1.24. The van der Waals surface area contributed by atoms with E-state index in [-0.39, 0.29) is 5.78 Å². The fraction of sp³-hybridized carbons (Fsp3) is 0.300. The molecule has 1 fully saturated rings. The van der Waals surface area contributed by atoms with E-state index in [1.165, 1.54) is 24.6 Å². The number of para-hydroxylation sites is 1. The molecule has 0 bridgehead atoms. The quantitative estimate of drug-likeness (QED) is 0.453. The maximum absolute atomic E-state index is 12.5. The number of Topliss-reactive ketones (excluding diaryl/α,β-unsaturated/α-hetero) is 1. The van der Waals surface area contributed by atoms with Crippen LogP contribution in [0.4, 0.5) is 5.69 Å². The molecule has 1 aliphatic rings. The van der Waals surface area contributed by atoms with Crippen LogP contribution in [0.5, 0.6) is 5.75 Å². The summed E-state index contributed by atoms with van der Waals surface area (Å²) in [5.41, 5.74) is 1.63. The van der Waals surface area contributed by atoms with Gasteiger partial charge >= 0.3 is 0 Å². The highest BCUT2D eigenvalue weighted by Gasteiger charge is 2.18. The topological polar surface area (TPSA) is 41.9 Å². The molecule has 25 heavy (non-hydrogen) atoms. The summed E-state index contributed by atoms with van der Waals surface area (Å²) in [5, 5.41) is 0.936. The van der Waals surface area contributed by atoms with Gasteiger partial charge in [0.1, 0.15) is 5.75 Å². The summed E-state index contributed by atoms with van der Waals surface area (Å²) in [6.45, 7) is 2.02. The molecule has 0 atom stereocenters. The molecule has 1 saturated heterocycles. The molecule has 4 nitrogen and oxygen atoms in total. The Hall–Kier alpha value is -2.27. The van der Waals surface area contributed by atoms with Gasteiger partial charge in [-0.3, -0.25) is 4.79 Å². The van der Waals surface area contributed by atoms with Gasteiger partial charge in [-0.15, -0.1) is 0 Å². The molecule has 0 amide bonds. The van der Waals surface area contributed by atoms with Crippen LogP contribution in [0.3, 0.4) is 0 Å². The molecule has 1 heterocycles. The maximum atomic E-state index is 12.5. The van der Waals surface area contributed by atoms with Crippen LogP contribution in [0.2, 0.25) is 0 Å². The number of likely N-dealkylation sites (tertiary alicyclic amines) is 1. The number of hydrogen-bond donors (Lipinski definition) is 0. The zero-order valence-corrected chi connectivity index (χ0v) is 15.2. The van der Waals surface area contributed by atoms with Crippen molar-refractivity contribution in [2.24, 2.45) is 4.99 Å². The number of carbonyl (C=O) groups is 1. The second-order valence-electron chi connectivity index (χ2n) is 5.86. The van der Waals surface area contributed by atoms with Crippen molar-refractivity contribution < 1.29 is 9.53 Å². The van der Waals surface area contributed by atoms with Crippen molar-refractivity contribution in [2.75, 3.05) is 26.0 Å². The Morgan fingerprint density at radius 3 is 2.40 bits per heavy atom. The Balaban J connectivity index is 1.69. The van der Waals surface area contributed by atoms with Gasteiger partial charge in [0.25, 0.3) is 0 Å². The second kappa shape index (κ2) is 8.72. The van der Waals surface area contributed by atoms with Crippen LogP contribution in [-0.4, -0.2) is 41.8 Å². The molecule has 0 saturated carbocycles. The van der Waals surface area contributed by atoms with E-state index < -0.39 is 0 Å². The summed E-state index contributed by atoms with van der Waals surface area (Å²) in [7, 11) is 1.62. The van der Waals surface area contributed by atoms with Crippen LogP contribution >= 0.6 is 11.8 Å². The molecule has 0 N–H and O–H groups in total. The minimum absolute atomic E-state index is 0.104. The Labute approximate surface area is 152 Å². The molecule has 0 aliphatic carbocycles. The summed E-state index contributed by atoms with van der Waals surface area (Å²) in [6, 6.07) is 17.2. The van der Waals surface area contributed by atoms with Crippen molar-refractivity contribution in [2.45, 2.75) is 12.8 Å². The summed E-state index contributed by atoms with van der Waals surface area (Å²) < 4.78 is 5.14. The van der Waals surface area contributed by atoms with Gasteiger partial charge in [-0.2, -0.15) is 0 Å². The normalized spacial score (nSPS) is 14.6. The molecule has 3 rings (SSSR count). The number of hydrogen-bond acceptors (Lipinski definition) is 4. The highest BCUT2D eigenvalue weighted by atomic mass is 32.2. The van der Waals surface area contributed by atoms with Crippen LogP contribution < -0.4 is 4.74 Å². The fourth-order valence-electron chi connectivity index (χ4n) is 2.71. The van der Waals surface area contributed by atoms with Gasteiger partial charge in [0.15, 0.2) is 11.0 Å². The third kappa shape index (κ3) is 4.86. The third-order valence-corrected chi connectivity index (χ3v) is 5.12. The van der Waals surface area contributed by atoms with Gasteiger partial charge in [0, 0.05) is 18.7 Å². The molecule has 2 aromatic carbocycles. The average Bonchev–Trinajstić information content (AvgIpc) is 3.20. The van der Waals surface area contributed by atoms with Crippen molar-refractivity contribution in [3.05, 3.63) is 60.2 Å². The highest BCUT2D eigenvalue weighted by molar-refractivity contribution is 8.14. The van der Waals surface area contributed by atoms with Crippen molar-refractivity contribution in [3.8, 4) is 5.75 Å². The molecule has 130 valence electrons. The van der Waals surface area contributed by atoms with E-state index in [1.807, 2.05) is 54.6 Å². The number of nitrogens with zero attached hydrogens (tertiary/aromatic N) is 2. The molecule has 0 aromatic heterocycles. The third-order valence-electron chi connectivity index (χ3n) is 4.10. The van der Waals surface area contributed by atoms with Crippen molar-refractivity contribution >= 4 is 28.4 Å². The summed E-state index contributed by atoms with van der Waals surface area (Å²) in [6.07, 6.45) is 2.36. The fourth-order valence-corrected chi connectivity index (χ4v) is 3.67. The first kappa shape index (κ1) is 17.5. The number of methoxy groups -OCH3 is 1. The van der Waals surface area contributed by atoms with E-state index in [0.29, 0.717) is 11.3 Å². The van der Waals surface area contributed by atoms with E-state index in [1.54, 1.807) is 7.11 Å². The van der Waals surface area contributed by atoms with Crippen LogP contribution in [0.15, 0.2) is 59.6 Å². The van der Waals surface area contributed by atoms with Gasteiger partial charge in [0.2, 0.25) is 0 Å². The van der Waals surface area contributed by atoms with Gasteiger partial charge in [-0.1, -0.05) is 30.0 Å². The number of aliphatic imine (C=N–C) groups is 1. The molecule has 2 aromatic rings. The number of benzene rings is 2. The predicted molar refractivity (Wildman–Crippen MR) is 104 cm³/mol. The number of rotatable bonds is 5. The Morgan fingerprint density at radius 1 is 1.08 bits per heavy atom. The molecule has 1 aliphatic heterocycles. The number of ketones is 1. The molecule has 0 spiro atoms. The monoisotopic (exact) mass is 354 g/mol. The van der Waals surface area contributed by atoms with Gasteiger partial charge in [-0.25, -0.2) is 4.99 Å². The zero-order chi connectivity index (χ0) is 17.5. The average molecular weight is 354 g/mol. The van der Waals surface area contributed by atoms with E-state index in [9.17, 15) is 4.79 Å². The lowest BCUT2D eigenvalue weighted by Gasteiger charge is -2.19. The predicted octanol–water partition coefficient (Wildman–Crippen LogP) is 4.39. The maximum Gasteiger partial charge on any atom is 0.173 e. The Morgan fingerprint density at radius 2 is 1.76 bits per heavy atom. The molecular weight excluding hydrogens is 332 g/mol. The lowest BCUT2D eigenvalue weighted by Crippen LogP contribution is -2.26. The highest BCUT2D eigenvalue weighted by Crippen LogP contribution is 2.22. The van der Waals surface area contributed by atoms with E-state index in [4.69, 9.17) is 9.73 Å².